The van der Waals surface area contributed by atoms with E-state index in [1.165, 1.54) is 32.4 Å². The van der Waals surface area contributed by atoms with Crippen LogP contribution in [-0.2, 0) is 19.2 Å². The minimum atomic E-state index is -2.03. The lowest BCUT2D eigenvalue weighted by Crippen LogP contribution is -2.60. The third kappa shape index (κ3) is 2.75. The van der Waals surface area contributed by atoms with E-state index in [0.717, 1.165) is 4.90 Å². The minimum absolute atomic E-state index is 0.0757. The number of methoxy groups -OCH3 is 1. The molecule has 2 aliphatic carbocycles. The van der Waals surface area contributed by atoms with Crippen molar-refractivity contribution in [2.75, 3.05) is 14.2 Å². The molecule has 6 amide bonds. The van der Waals surface area contributed by atoms with Crippen LogP contribution < -0.4 is 10.5 Å². The maximum atomic E-state index is 13.4. The first kappa shape index (κ1) is 23.6. The zero-order chi connectivity index (χ0) is 25.6. The normalized spacial score (nSPS) is 36.1. The SMILES string of the molecule is COc1ccc(O)c(C2C3=CCC4C(=O)N(C(N)=O)C(=O)C4C3CC3(Cl)C(=O)N(C)C(=O)C23Cl)c1. The number of benzene rings is 1. The average molecular weight is 522 g/mol. The summed E-state index contributed by atoms with van der Waals surface area (Å²) in [5, 5.41) is 10.8. The van der Waals surface area contributed by atoms with Crippen LogP contribution in [0.5, 0.6) is 11.5 Å². The fourth-order valence-electron chi connectivity index (χ4n) is 6.20. The van der Waals surface area contributed by atoms with Gasteiger partial charge < -0.3 is 15.6 Å². The summed E-state index contributed by atoms with van der Waals surface area (Å²) in [6.45, 7) is 0. The van der Waals surface area contributed by atoms with Crippen molar-refractivity contribution in [2.24, 2.45) is 23.5 Å². The Bertz CT molecular complexity index is 1270. The van der Waals surface area contributed by atoms with E-state index in [1.807, 2.05) is 0 Å². The number of halogens is 2. The molecule has 6 unspecified atom stereocenters. The summed E-state index contributed by atoms with van der Waals surface area (Å²) in [4.78, 5) is 61.9. The van der Waals surface area contributed by atoms with Crippen LogP contribution in [0.1, 0.15) is 24.3 Å². The number of alkyl halides is 2. The monoisotopic (exact) mass is 521 g/mol. The molecule has 0 bridgehead atoms. The van der Waals surface area contributed by atoms with Gasteiger partial charge in [0.05, 0.1) is 18.9 Å². The van der Waals surface area contributed by atoms with Crippen molar-refractivity contribution in [1.82, 2.24) is 9.80 Å². The van der Waals surface area contributed by atoms with Gasteiger partial charge in [0.25, 0.3) is 11.8 Å². The Kier molecular flexibility index (Phi) is 5.02. The van der Waals surface area contributed by atoms with E-state index in [1.54, 1.807) is 6.08 Å². The lowest BCUT2D eigenvalue weighted by atomic mass is 9.56. The Hall–Kier alpha value is -3.11. The summed E-state index contributed by atoms with van der Waals surface area (Å²) in [5.41, 5.74) is 5.95. The van der Waals surface area contributed by atoms with Gasteiger partial charge in [0.1, 0.15) is 11.5 Å². The number of hydrogen-bond donors (Lipinski definition) is 2. The third-order valence-corrected chi connectivity index (χ3v) is 9.19. The van der Waals surface area contributed by atoms with E-state index < -0.39 is 63.1 Å². The molecule has 1 saturated carbocycles. The molecule has 0 aromatic heterocycles. The van der Waals surface area contributed by atoms with Crippen LogP contribution in [0.2, 0.25) is 0 Å². The lowest BCUT2D eigenvalue weighted by Gasteiger charge is -2.50. The third-order valence-electron chi connectivity index (χ3n) is 7.78. The molecule has 3 N–H and O–H groups in total. The van der Waals surface area contributed by atoms with E-state index in [-0.39, 0.29) is 24.2 Å². The quantitative estimate of drug-likeness (QED) is 0.340. The molecule has 35 heavy (non-hydrogen) atoms. The number of likely N-dealkylation sites (tertiary alicyclic amines) is 2. The molecule has 3 fully saturated rings. The number of rotatable bonds is 2. The number of phenolic OH excluding ortho intramolecular Hbond substituents is 1. The Labute approximate surface area is 209 Å². The molecular weight excluding hydrogens is 501 g/mol. The highest BCUT2D eigenvalue weighted by Crippen LogP contribution is 2.66. The molecule has 12 heteroatoms. The van der Waals surface area contributed by atoms with Gasteiger partial charge in [-0.2, -0.15) is 4.90 Å². The molecule has 5 rings (SSSR count). The fraction of sp³-hybridized carbons (Fsp3) is 0.435. The average Bonchev–Trinajstić information content (AvgIpc) is 3.15. The van der Waals surface area contributed by atoms with Crippen molar-refractivity contribution < 1.29 is 33.8 Å². The number of nitrogens with two attached hydrogens (primary N) is 1. The van der Waals surface area contributed by atoms with Crippen LogP contribution in [0.25, 0.3) is 0 Å². The molecule has 2 aliphatic heterocycles. The molecular formula is C23H21Cl2N3O7. The number of primary amides is 1. The summed E-state index contributed by atoms with van der Waals surface area (Å²) in [7, 11) is 2.69. The predicted molar refractivity (Wildman–Crippen MR) is 122 cm³/mol. The Morgan fingerprint density at radius 3 is 2.46 bits per heavy atom. The summed E-state index contributed by atoms with van der Waals surface area (Å²) in [5.74, 6) is -6.75. The first-order valence-electron chi connectivity index (χ1n) is 10.8. The first-order valence-corrected chi connectivity index (χ1v) is 11.6. The second-order valence-corrected chi connectivity index (χ2v) is 10.5. The van der Waals surface area contributed by atoms with Crippen LogP contribution in [-0.4, -0.2) is 68.5 Å². The second-order valence-electron chi connectivity index (χ2n) is 9.27. The highest BCUT2D eigenvalue weighted by Gasteiger charge is 2.76. The Morgan fingerprint density at radius 2 is 1.83 bits per heavy atom. The summed E-state index contributed by atoms with van der Waals surface area (Å²) in [6, 6.07) is 3.18. The van der Waals surface area contributed by atoms with Gasteiger partial charge in [-0.05, 0) is 37.0 Å². The number of amides is 6. The molecule has 2 saturated heterocycles. The summed E-state index contributed by atoms with van der Waals surface area (Å²) < 4.78 is 5.29. The van der Waals surface area contributed by atoms with Crippen molar-refractivity contribution in [3.63, 3.8) is 0 Å². The van der Waals surface area contributed by atoms with Crippen LogP contribution in [0.4, 0.5) is 4.79 Å². The van der Waals surface area contributed by atoms with Gasteiger partial charge in [-0.25, -0.2) is 4.79 Å². The van der Waals surface area contributed by atoms with Gasteiger partial charge in [0.2, 0.25) is 11.8 Å². The van der Waals surface area contributed by atoms with E-state index >= 15 is 0 Å². The number of aromatic hydroxyl groups is 1. The molecule has 0 spiro atoms. The standard InChI is InChI=1S/C23H21Cl2N3O7/c1-27-19(32)22(24)8-13-10(4-5-11-15(13)18(31)28(17(11)30)21(26)34)16(23(22,25)20(27)33)12-7-9(35-2)3-6-14(12)29/h3-4,6-7,11,13,15-16,29H,5,8H2,1-2H3,(H2,26,34). The molecule has 6 atom stereocenters. The first-order chi connectivity index (χ1) is 16.4. The summed E-state index contributed by atoms with van der Waals surface area (Å²) in [6.07, 6.45) is 1.53. The van der Waals surface area contributed by atoms with Gasteiger partial charge in [0, 0.05) is 18.5 Å². The summed E-state index contributed by atoms with van der Waals surface area (Å²) >= 11 is 14.0. The zero-order valence-corrected chi connectivity index (χ0v) is 20.2. The van der Waals surface area contributed by atoms with Crippen molar-refractivity contribution in [2.45, 2.75) is 28.5 Å². The molecule has 1 aromatic rings. The van der Waals surface area contributed by atoms with Crippen molar-refractivity contribution in [3.8, 4) is 11.5 Å². The maximum absolute atomic E-state index is 13.4. The van der Waals surface area contributed by atoms with E-state index in [4.69, 9.17) is 33.7 Å². The van der Waals surface area contributed by atoms with Crippen molar-refractivity contribution in [3.05, 3.63) is 35.4 Å². The smallest absolute Gasteiger partial charge is 0.328 e. The zero-order valence-electron chi connectivity index (χ0n) is 18.7. The van der Waals surface area contributed by atoms with Gasteiger partial charge in [0.15, 0.2) is 9.75 Å². The molecule has 184 valence electrons. The van der Waals surface area contributed by atoms with Gasteiger partial charge in [-0.3, -0.25) is 24.1 Å². The van der Waals surface area contributed by atoms with E-state index in [2.05, 4.69) is 0 Å². The van der Waals surface area contributed by atoms with Crippen molar-refractivity contribution in [1.29, 1.82) is 0 Å². The minimum Gasteiger partial charge on any atom is -0.508 e. The highest BCUT2D eigenvalue weighted by atomic mass is 35.5. The van der Waals surface area contributed by atoms with E-state index in [9.17, 15) is 29.1 Å². The predicted octanol–water partition coefficient (Wildman–Crippen LogP) is 1.47. The number of hydrogen-bond acceptors (Lipinski definition) is 7. The topological polar surface area (TPSA) is 147 Å². The molecule has 0 radical (unpaired) electrons. The lowest BCUT2D eigenvalue weighted by molar-refractivity contribution is -0.139. The molecule has 2 heterocycles. The van der Waals surface area contributed by atoms with Crippen LogP contribution >= 0.6 is 23.2 Å². The number of carbonyl (C=O) groups is 5. The Balaban J connectivity index is 1.76. The van der Waals surface area contributed by atoms with Gasteiger partial charge in [-0.1, -0.05) is 11.6 Å². The number of carbonyl (C=O) groups excluding carboxylic acids is 5. The number of allylic oxidation sites excluding steroid dienone is 2. The number of fused-ring (bicyclic) bond motifs is 4. The number of nitrogens with zero attached hydrogens (tertiary/aromatic N) is 2. The molecule has 10 nitrogen and oxygen atoms in total. The number of ether oxygens (including phenoxy) is 1. The van der Waals surface area contributed by atoms with Crippen LogP contribution in [0, 0.1) is 17.8 Å². The molecule has 4 aliphatic rings. The van der Waals surface area contributed by atoms with Crippen LogP contribution in [0.3, 0.4) is 0 Å². The number of phenols is 1. The van der Waals surface area contributed by atoms with Crippen LogP contribution in [0.15, 0.2) is 29.8 Å². The highest BCUT2D eigenvalue weighted by molar-refractivity contribution is 6.53. The van der Waals surface area contributed by atoms with Gasteiger partial charge in [-0.15, -0.1) is 23.2 Å². The second kappa shape index (κ2) is 7.44. The fourth-order valence-corrected chi connectivity index (χ4v) is 7.21. The van der Waals surface area contributed by atoms with Gasteiger partial charge >= 0.3 is 6.03 Å². The number of urea groups is 1. The van der Waals surface area contributed by atoms with E-state index in [0.29, 0.717) is 16.2 Å². The molecule has 1 aromatic carbocycles. The van der Waals surface area contributed by atoms with Crippen molar-refractivity contribution >= 4 is 52.9 Å². The number of imide groups is 4. The Morgan fingerprint density at radius 1 is 1.14 bits per heavy atom. The maximum Gasteiger partial charge on any atom is 0.328 e. The largest absolute Gasteiger partial charge is 0.508 e.